The second kappa shape index (κ2) is 9.68. The molecule has 4 fully saturated rings. The van der Waals surface area contributed by atoms with Gasteiger partial charge in [0.2, 0.25) is 0 Å². The molecule has 4 aromatic rings. The third kappa shape index (κ3) is 3.92. The predicted molar refractivity (Wildman–Crippen MR) is 170 cm³/mol. The lowest BCUT2D eigenvalue weighted by Gasteiger charge is -2.40. The second-order valence-electron chi connectivity index (χ2n) is 12.7. The van der Waals surface area contributed by atoms with Crippen LogP contribution in [0, 0.1) is 5.82 Å². The molecule has 3 N–H and O–H groups in total. The lowest BCUT2D eigenvalue weighted by molar-refractivity contribution is 0.108. The van der Waals surface area contributed by atoms with E-state index in [0.717, 1.165) is 68.2 Å². The summed E-state index contributed by atoms with van der Waals surface area (Å²) >= 11 is 15.3. The van der Waals surface area contributed by atoms with Crippen LogP contribution in [0.5, 0.6) is 11.8 Å². The van der Waals surface area contributed by atoms with Crippen LogP contribution in [-0.4, -0.2) is 71.4 Å². The van der Waals surface area contributed by atoms with Gasteiger partial charge in [-0.25, -0.2) is 4.39 Å². The van der Waals surface area contributed by atoms with Gasteiger partial charge in [0.25, 0.3) is 0 Å². The van der Waals surface area contributed by atoms with Gasteiger partial charge in [-0.3, -0.25) is 4.90 Å². The summed E-state index contributed by atoms with van der Waals surface area (Å²) in [6.45, 7) is 3.80. The largest absolute Gasteiger partial charge is 0.489 e. The predicted octanol–water partition coefficient (Wildman–Crippen LogP) is 6.25. The van der Waals surface area contributed by atoms with Crippen molar-refractivity contribution in [3.8, 4) is 22.9 Å². The van der Waals surface area contributed by atoms with Gasteiger partial charge < -0.3 is 25.4 Å². The third-order valence-electron chi connectivity index (χ3n) is 10.4. The van der Waals surface area contributed by atoms with Crippen molar-refractivity contribution in [2.24, 2.45) is 0 Å². The Labute approximate surface area is 262 Å². The summed E-state index contributed by atoms with van der Waals surface area (Å²) in [5, 5.41) is 6.10. The van der Waals surface area contributed by atoms with Crippen molar-refractivity contribution in [1.82, 2.24) is 20.2 Å². The van der Waals surface area contributed by atoms with Gasteiger partial charge in [0.05, 0.1) is 27.0 Å². The summed E-state index contributed by atoms with van der Waals surface area (Å²) in [5.41, 5.74) is 6.94. The first-order valence-corrected chi connectivity index (χ1v) is 16.7. The molecule has 9 rings (SSSR count). The van der Waals surface area contributed by atoms with Gasteiger partial charge in [0.15, 0.2) is 11.6 Å². The van der Waals surface area contributed by atoms with Crippen molar-refractivity contribution in [3.05, 3.63) is 34.1 Å². The molecule has 8 nitrogen and oxygen atoms in total. The number of benzene rings is 2. The van der Waals surface area contributed by atoms with Crippen molar-refractivity contribution in [1.29, 1.82) is 0 Å². The number of fused-ring (bicyclic) bond motifs is 7. The maximum absolute atomic E-state index is 17.1. The van der Waals surface area contributed by atoms with E-state index < -0.39 is 5.82 Å². The van der Waals surface area contributed by atoms with Crippen molar-refractivity contribution in [3.63, 3.8) is 0 Å². The highest BCUT2D eigenvalue weighted by atomic mass is 35.5. The fourth-order valence-corrected chi connectivity index (χ4v) is 9.81. The molecule has 4 saturated heterocycles. The Morgan fingerprint density at radius 1 is 1.16 bits per heavy atom. The number of nitrogen functional groups attached to an aromatic ring is 1. The highest BCUT2D eigenvalue weighted by Crippen LogP contribution is 2.52. The molecule has 43 heavy (non-hydrogen) atoms. The number of nitrogens with one attached hydrogen (secondary N) is 1. The van der Waals surface area contributed by atoms with E-state index in [1.165, 1.54) is 11.3 Å². The zero-order chi connectivity index (χ0) is 29.0. The summed E-state index contributed by atoms with van der Waals surface area (Å²) in [6.07, 6.45) is 6.64. The number of rotatable bonds is 4. The van der Waals surface area contributed by atoms with Gasteiger partial charge in [-0.2, -0.15) is 9.97 Å². The Hall–Kier alpha value is -2.63. The van der Waals surface area contributed by atoms with E-state index >= 15 is 4.39 Å². The van der Waals surface area contributed by atoms with Crippen molar-refractivity contribution < 1.29 is 13.9 Å². The van der Waals surface area contributed by atoms with E-state index in [1.54, 1.807) is 6.07 Å². The second-order valence-corrected chi connectivity index (χ2v) is 14.6. The quantitative estimate of drug-likeness (QED) is 0.271. The zero-order valence-electron chi connectivity index (χ0n) is 23.5. The fourth-order valence-electron chi connectivity index (χ4n) is 8.39. The average molecular weight is 642 g/mol. The first-order valence-electron chi connectivity index (χ1n) is 15.1. The highest BCUT2D eigenvalue weighted by molar-refractivity contribution is 7.22. The molecule has 2 bridgehead atoms. The minimum atomic E-state index is -0.571. The summed E-state index contributed by atoms with van der Waals surface area (Å²) in [5.74, 6) is 0.435. The molecule has 0 amide bonds. The van der Waals surface area contributed by atoms with Gasteiger partial charge in [0, 0.05) is 44.9 Å². The van der Waals surface area contributed by atoms with Gasteiger partial charge >= 0.3 is 6.01 Å². The minimum absolute atomic E-state index is 0.00312. The van der Waals surface area contributed by atoms with Crippen molar-refractivity contribution in [2.45, 2.75) is 62.2 Å². The van der Waals surface area contributed by atoms with Crippen LogP contribution in [0.1, 0.15) is 38.5 Å². The Morgan fingerprint density at radius 2 is 2.00 bits per heavy atom. The van der Waals surface area contributed by atoms with Crippen LogP contribution in [0.2, 0.25) is 10.0 Å². The number of thiophene rings is 1. The molecule has 7 heterocycles. The maximum Gasteiger partial charge on any atom is 0.319 e. The van der Waals surface area contributed by atoms with Crippen LogP contribution in [0.25, 0.3) is 32.1 Å². The monoisotopic (exact) mass is 640 g/mol. The normalized spacial score (nSPS) is 25.7. The van der Waals surface area contributed by atoms with Gasteiger partial charge in [0.1, 0.15) is 24.5 Å². The molecule has 0 spiro atoms. The molecule has 5 aliphatic heterocycles. The smallest absolute Gasteiger partial charge is 0.319 e. The molecule has 12 heteroatoms. The highest BCUT2D eigenvalue weighted by Gasteiger charge is 2.46. The van der Waals surface area contributed by atoms with Crippen LogP contribution >= 0.6 is 34.5 Å². The number of hydrogen-bond donors (Lipinski definition) is 2. The fraction of sp³-hybridized carbons (Fsp3) is 0.484. The van der Waals surface area contributed by atoms with E-state index in [9.17, 15) is 0 Å². The Bertz CT molecular complexity index is 1810. The number of halogens is 3. The Kier molecular flexibility index (Phi) is 6.02. The Morgan fingerprint density at radius 3 is 2.84 bits per heavy atom. The topological polar surface area (TPSA) is 88.8 Å². The van der Waals surface area contributed by atoms with Crippen molar-refractivity contribution >= 4 is 66.3 Å². The van der Waals surface area contributed by atoms with Crippen LogP contribution in [0.15, 0.2) is 18.2 Å². The van der Waals surface area contributed by atoms with Gasteiger partial charge in [-0.05, 0) is 69.8 Å². The first-order chi connectivity index (χ1) is 20.9. The minimum Gasteiger partial charge on any atom is -0.489 e. The van der Waals surface area contributed by atoms with E-state index in [0.29, 0.717) is 51.8 Å². The van der Waals surface area contributed by atoms with Gasteiger partial charge in [-0.1, -0.05) is 23.2 Å². The summed E-state index contributed by atoms with van der Waals surface area (Å²) < 4.78 is 30.9. The van der Waals surface area contributed by atoms with Crippen molar-refractivity contribution in [2.75, 3.05) is 43.5 Å². The number of nitrogens with zero attached hydrogens (tertiary/aromatic N) is 4. The summed E-state index contributed by atoms with van der Waals surface area (Å²) in [7, 11) is 0. The molecule has 0 aliphatic carbocycles. The number of anilines is 2. The molecule has 3 unspecified atom stereocenters. The summed E-state index contributed by atoms with van der Waals surface area (Å²) in [6, 6.07) is 6.24. The zero-order valence-corrected chi connectivity index (χ0v) is 25.8. The maximum atomic E-state index is 17.1. The number of aromatic nitrogens is 2. The number of ether oxygens (including phenoxy) is 2. The SMILES string of the molecule is Nc1cc2c(-c3c(Cl)c4c5c(nc(OCC67CCCN6CCC7)nc5c3F)N3CC5CCC(N5)C3CO4)c(Cl)ccc2s1. The third-order valence-corrected chi connectivity index (χ3v) is 12.0. The van der Waals surface area contributed by atoms with Crippen LogP contribution < -0.4 is 25.4 Å². The molecule has 2 aromatic heterocycles. The number of piperazine rings is 1. The van der Waals surface area contributed by atoms with E-state index in [1.807, 2.05) is 12.1 Å². The molecule has 224 valence electrons. The van der Waals surface area contributed by atoms with E-state index in [2.05, 4.69) is 15.1 Å². The average Bonchev–Trinajstić information content (AvgIpc) is 3.74. The number of hydrogen-bond acceptors (Lipinski definition) is 9. The molecular weight excluding hydrogens is 610 g/mol. The standard InChI is InChI=1S/C31H31Cl2FN6O2S/c32-17-4-6-20-16(11-21(35)43-20)22(17)23-25(33)28-24-27(26(23)34)37-30(42-14-31-7-1-9-39(31)10-2-8-31)38-29(24)40-12-15-3-5-18(36-15)19(40)13-41-28/h4,6,11,15,18-19,36H,1-3,5,7-10,12-14,35H2. The molecule has 3 atom stereocenters. The molecule has 5 aliphatic rings. The lowest BCUT2D eigenvalue weighted by Crippen LogP contribution is -2.60. The number of nitrogens with two attached hydrogens (primary N) is 1. The lowest BCUT2D eigenvalue weighted by atomic mass is 9.95. The van der Waals surface area contributed by atoms with E-state index in [-0.39, 0.29) is 39.7 Å². The van der Waals surface area contributed by atoms with E-state index in [4.69, 9.17) is 48.4 Å². The molecule has 0 radical (unpaired) electrons. The molecule has 2 aromatic carbocycles. The summed E-state index contributed by atoms with van der Waals surface area (Å²) in [4.78, 5) is 14.6. The molecular formula is C31H31Cl2FN6O2S. The molecule has 0 saturated carbocycles. The Balaban J connectivity index is 1.26. The first kappa shape index (κ1) is 26.7. The van der Waals surface area contributed by atoms with Crippen LogP contribution in [-0.2, 0) is 0 Å². The van der Waals surface area contributed by atoms with Crippen LogP contribution in [0.3, 0.4) is 0 Å². The van der Waals surface area contributed by atoms with Crippen LogP contribution in [0.4, 0.5) is 15.2 Å². The van der Waals surface area contributed by atoms with Gasteiger partial charge in [-0.15, -0.1) is 11.3 Å².